The standard InChI is InChI=1S/C46H62N16O10/c1-10-12-13-14-20-62-27-33(55-38(62)41(66)48-17-15-29(51-45(70)72-46(3,4)5)39(64)50-28-23-30(59(7)24-28)44(69)71-22-11-2)57-43(68)37-53-31(25-61(37)9)52-34(63)16-18-49-40(65)36-54-32(26-60(36)8)56-42(67)35-47-19-21-58(35)6/h11,19,21,23-27,29H,2,10,12-18,20,22H2,1,3-9H3,(H,48,66)(H,49,65)(H,50,64)(H,51,70)(H,52,63)(H,56,67)(H,57,68)/t29-/m1/s1. The van der Waals surface area contributed by atoms with E-state index in [1.165, 1.54) is 61.4 Å². The molecular formula is C46H62N16O10. The fourth-order valence-electron chi connectivity index (χ4n) is 6.92. The van der Waals surface area contributed by atoms with Gasteiger partial charge >= 0.3 is 12.1 Å². The molecule has 0 aliphatic rings. The number of nitrogens with zero attached hydrogens (tertiary/aromatic N) is 9. The number of hydrogen-bond donors (Lipinski definition) is 7. The van der Waals surface area contributed by atoms with Crippen LogP contribution in [0.5, 0.6) is 0 Å². The van der Waals surface area contributed by atoms with Crippen LogP contribution in [0, 0.1) is 0 Å². The average Bonchev–Trinajstić information content (AvgIpc) is 4.15. The van der Waals surface area contributed by atoms with E-state index in [1.807, 2.05) is 0 Å². The van der Waals surface area contributed by atoms with Crippen molar-refractivity contribution in [1.82, 2.24) is 58.7 Å². The Balaban J connectivity index is 1.18. The minimum atomic E-state index is -1.21. The molecule has 0 radical (unpaired) electrons. The number of rotatable bonds is 24. The fourth-order valence-corrected chi connectivity index (χ4v) is 6.92. The van der Waals surface area contributed by atoms with E-state index in [-0.39, 0.29) is 84.7 Å². The van der Waals surface area contributed by atoms with E-state index in [1.54, 1.807) is 59.7 Å². The number of carbonyl (C=O) groups is 8. The van der Waals surface area contributed by atoms with E-state index < -0.39 is 59.1 Å². The van der Waals surface area contributed by atoms with Crippen LogP contribution >= 0.6 is 0 Å². The van der Waals surface area contributed by atoms with Crippen LogP contribution in [-0.4, -0.2) is 122 Å². The molecule has 7 amide bonds. The summed E-state index contributed by atoms with van der Waals surface area (Å²) in [4.78, 5) is 121. The highest BCUT2D eigenvalue weighted by Gasteiger charge is 2.27. The smallest absolute Gasteiger partial charge is 0.408 e. The van der Waals surface area contributed by atoms with Crippen LogP contribution in [0.3, 0.4) is 0 Å². The quantitative estimate of drug-likeness (QED) is 0.0265. The van der Waals surface area contributed by atoms with Crippen molar-refractivity contribution in [3.05, 3.63) is 84.9 Å². The van der Waals surface area contributed by atoms with Gasteiger partial charge in [-0.3, -0.25) is 28.8 Å². The summed E-state index contributed by atoms with van der Waals surface area (Å²) in [5.41, 5.74) is -0.465. The summed E-state index contributed by atoms with van der Waals surface area (Å²) in [7, 11) is 6.39. The SMILES string of the molecule is C=CCOC(=O)c1cc(NC(=O)[C@@H](CCNC(=O)c2nc(NC(=O)c3nc(NC(=O)CCNC(=O)c4nc(NC(=O)c5nccn5C)cn4C)cn3C)cn2CCCCCC)NC(=O)OC(C)(C)C)cn1C. The number of anilines is 4. The highest BCUT2D eigenvalue weighted by Crippen LogP contribution is 2.18. The Bertz CT molecular complexity index is 2790. The largest absolute Gasteiger partial charge is 0.457 e. The Hall–Kier alpha value is -8.58. The van der Waals surface area contributed by atoms with Gasteiger partial charge in [0.25, 0.3) is 23.6 Å². The highest BCUT2D eigenvalue weighted by atomic mass is 16.6. The maximum absolute atomic E-state index is 13.7. The Labute approximate surface area is 414 Å². The van der Waals surface area contributed by atoms with Crippen molar-refractivity contribution in [3.63, 3.8) is 0 Å². The average molecular weight is 999 g/mol. The Morgan fingerprint density at radius 2 is 1.32 bits per heavy atom. The molecule has 0 unspecified atom stereocenters. The molecule has 0 aromatic carbocycles. The van der Waals surface area contributed by atoms with Crippen molar-refractivity contribution in [2.75, 3.05) is 41.0 Å². The molecule has 0 saturated heterocycles. The summed E-state index contributed by atoms with van der Waals surface area (Å²) in [5, 5.41) is 18.5. The van der Waals surface area contributed by atoms with Gasteiger partial charge in [0, 0.05) is 91.4 Å². The number of nitrogens with one attached hydrogen (secondary N) is 7. The third-order valence-corrected chi connectivity index (χ3v) is 10.3. The molecule has 0 saturated carbocycles. The first-order chi connectivity index (χ1) is 34.2. The van der Waals surface area contributed by atoms with Gasteiger partial charge in [0.05, 0.1) is 5.69 Å². The number of esters is 1. The normalized spacial score (nSPS) is 11.5. The summed E-state index contributed by atoms with van der Waals surface area (Å²) in [5.74, 6) is -3.95. The van der Waals surface area contributed by atoms with E-state index in [9.17, 15) is 38.4 Å². The molecule has 72 heavy (non-hydrogen) atoms. The minimum Gasteiger partial charge on any atom is -0.457 e. The predicted molar refractivity (Wildman–Crippen MR) is 262 cm³/mol. The summed E-state index contributed by atoms with van der Waals surface area (Å²) >= 11 is 0. The number of ether oxygens (including phenoxy) is 2. The fraction of sp³-hybridized carbons (Fsp3) is 0.435. The highest BCUT2D eigenvalue weighted by molar-refractivity contribution is 6.03. The van der Waals surface area contributed by atoms with Crippen molar-refractivity contribution in [2.45, 2.75) is 84.4 Å². The predicted octanol–water partition coefficient (Wildman–Crippen LogP) is 3.26. The van der Waals surface area contributed by atoms with Crippen LogP contribution in [0.2, 0.25) is 0 Å². The Morgan fingerprint density at radius 3 is 1.96 bits per heavy atom. The number of imidazole rings is 4. The third kappa shape index (κ3) is 15.5. The van der Waals surface area contributed by atoms with Crippen molar-refractivity contribution < 1.29 is 47.8 Å². The van der Waals surface area contributed by atoms with Crippen LogP contribution in [0.15, 0.2) is 55.9 Å². The molecular weight excluding hydrogens is 937 g/mol. The maximum atomic E-state index is 13.7. The monoisotopic (exact) mass is 998 g/mol. The number of aromatic nitrogens is 9. The molecule has 1 atom stereocenters. The zero-order chi connectivity index (χ0) is 52.7. The number of aryl methyl sites for hydroxylation is 5. The molecule has 5 heterocycles. The second kappa shape index (κ2) is 24.8. The number of carbonyl (C=O) groups excluding carboxylic acids is 8. The van der Waals surface area contributed by atoms with Gasteiger partial charge in [-0.05, 0) is 39.7 Å². The molecule has 7 N–H and O–H groups in total. The Kier molecular flexibility index (Phi) is 18.7. The van der Waals surface area contributed by atoms with Crippen molar-refractivity contribution >= 4 is 70.6 Å². The molecule has 0 bridgehead atoms. The topological polar surface area (TPSA) is 315 Å². The van der Waals surface area contributed by atoms with Crippen LogP contribution in [0.25, 0.3) is 0 Å². The van der Waals surface area contributed by atoms with E-state index in [2.05, 4.69) is 70.7 Å². The number of alkyl carbamates (subject to hydrolysis) is 1. The van der Waals surface area contributed by atoms with Crippen molar-refractivity contribution in [3.8, 4) is 0 Å². The van der Waals surface area contributed by atoms with E-state index in [0.717, 1.165) is 19.3 Å². The Morgan fingerprint density at radius 1 is 0.708 bits per heavy atom. The molecule has 5 aromatic rings. The van der Waals surface area contributed by atoms with Gasteiger partial charge < -0.3 is 69.5 Å². The van der Waals surface area contributed by atoms with Crippen LogP contribution < -0.4 is 37.2 Å². The van der Waals surface area contributed by atoms with Gasteiger partial charge in [-0.25, -0.2) is 29.5 Å². The number of amides is 7. The minimum absolute atomic E-state index is 0.00594. The van der Waals surface area contributed by atoms with Gasteiger partial charge in [-0.2, -0.15) is 0 Å². The summed E-state index contributed by atoms with van der Waals surface area (Å²) < 4.78 is 17.9. The van der Waals surface area contributed by atoms with Crippen molar-refractivity contribution in [1.29, 1.82) is 0 Å². The van der Waals surface area contributed by atoms with Gasteiger partial charge in [0.15, 0.2) is 23.3 Å². The van der Waals surface area contributed by atoms with E-state index in [4.69, 9.17) is 9.47 Å². The van der Waals surface area contributed by atoms with Gasteiger partial charge in [0.1, 0.15) is 23.9 Å². The summed E-state index contributed by atoms with van der Waals surface area (Å²) in [6, 6.07) is 0.211. The van der Waals surface area contributed by atoms with Gasteiger partial charge in [-0.1, -0.05) is 38.8 Å². The zero-order valence-corrected chi connectivity index (χ0v) is 41.6. The van der Waals surface area contributed by atoms with Crippen LogP contribution in [0.4, 0.5) is 27.9 Å². The lowest BCUT2D eigenvalue weighted by Crippen LogP contribution is -2.47. The zero-order valence-electron chi connectivity index (χ0n) is 41.6. The van der Waals surface area contributed by atoms with E-state index in [0.29, 0.717) is 13.0 Å². The lowest BCUT2D eigenvalue weighted by atomic mass is 10.2. The molecule has 0 aliphatic carbocycles. The first kappa shape index (κ1) is 54.4. The van der Waals surface area contributed by atoms with Crippen molar-refractivity contribution in [2.24, 2.45) is 28.2 Å². The molecule has 5 aromatic heterocycles. The molecule has 0 fully saturated rings. The second-order valence-corrected chi connectivity index (χ2v) is 17.5. The summed E-state index contributed by atoms with van der Waals surface area (Å²) in [6.45, 7) is 10.8. The first-order valence-corrected chi connectivity index (χ1v) is 23.0. The van der Waals surface area contributed by atoms with Gasteiger partial charge in [0.2, 0.25) is 29.3 Å². The van der Waals surface area contributed by atoms with E-state index >= 15 is 0 Å². The molecule has 26 heteroatoms. The third-order valence-electron chi connectivity index (χ3n) is 10.3. The maximum Gasteiger partial charge on any atom is 0.408 e. The first-order valence-electron chi connectivity index (χ1n) is 23.0. The number of unbranched alkanes of at least 4 members (excludes halogenated alkanes) is 3. The lowest BCUT2D eigenvalue weighted by Gasteiger charge is -2.23. The molecule has 5 rings (SSSR count). The van der Waals surface area contributed by atoms with Gasteiger partial charge in [-0.15, -0.1) is 0 Å². The molecule has 0 spiro atoms. The second-order valence-electron chi connectivity index (χ2n) is 17.5. The molecule has 386 valence electrons. The van der Waals surface area contributed by atoms with Crippen LogP contribution in [0.1, 0.15) is 119 Å². The number of hydrogen-bond acceptors (Lipinski definition) is 14. The molecule has 0 aliphatic heterocycles. The summed E-state index contributed by atoms with van der Waals surface area (Å²) in [6.07, 6.45) is 12.8. The van der Waals surface area contributed by atoms with Crippen LogP contribution in [-0.2, 0) is 53.8 Å². The lowest BCUT2D eigenvalue weighted by molar-refractivity contribution is -0.118. The molecule has 26 nitrogen and oxygen atoms in total.